The van der Waals surface area contributed by atoms with Crippen LogP contribution in [0.2, 0.25) is 0 Å². The van der Waals surface area contributed by atoms with Crippen molar-refractivity contribution < 1.29 is 18.7 Å². The Labute approximate surface area is 252 Å². The number of hydrogen-bond donors (Lipinski definition) is 1. The van der Waals surface area contributed by atoms with E-state index in [1.54, 1.807) is 30.6 Å². The van der Waals surface area contributed by atoms with E-state index >= 15 is 0 Å². The van der Waals surface area contributed by atoms with Gasteiger partial charge in [0.2, 0.25) is 5.91 Å². The van der Waals surface area contributed by atoms with E-state index in [2.05, 4.69) is 36.3 Å². The van der Waals surface area contributed by atoms with Gasteiger partial charge in [-0.25, -0.2) is 9.18 Å². The SMILES string of the molecule is CCC(C)c1cc(/C=C2/C(C)=C(CC(=O)NCc3cccnc3)c3cc(F)ccc32)cc(C)c1OC(=O)c1ccccc1. The third kappa shape index (κ3) is 6.64. The summed E-state index contributed by atoms with van der Waals surface area (Å²) in [5, 5.41) is 2.96. The first-order chi connectivity index (χ1) is 20.7. The molecule has 3 aromatic carbocycles. The molecule has 0 aliphatic heterocycles. The first kappa shape index (κ1) is 29.6. The third-order valence-electron chi connectivity index (χ3n) is 7.99. The molecule has 5 rings (SSSR count). The van der Waals surface area contributed by atoms with Crippen LogP contribution in [0.5, 0.6) is 5.75 Å². The molecule has 1 heterocycles. The number of amides is 1. The van der Waals surface area contributed by atoms with Crippen LogP contribution >= 0.6 is 0 Å². The molecule has 4 aromatic rings. The molecule has 1 N–H and O–H groups in total. The Morgan fingerprint density at radius 3 is 2.51 bits per heavy atom. The number of benzene rings is 3. The highest BCUT2D eigenvalue weighted by Gasteiger charge is 2.26. The molecule has 43 heavy (non-hydrogen) atoms. The van der Waals surface area contributed by atoms with Gasteiger partial charge in [-0.3, -0.25) is 9.78 Å². The molecule has 6 heteroatoms. The summed E-state index contributed by atoms with van der Waals surface area (Å²) >= 11 is 0. The molecule has 5 nitrogen and oxygen atoms in total. The Morgan fingerprint density at radius 2 is 1.79 bits per heavy atom. The summed E-state index contributed by atoms with van der Waals surface area (Å²) in [4.78, 5) is 30.0. The van der Waals surface area contributed by atoms with E-state index in [0.717, 1.165) is 56.5 Å². The molecule has 1 aliphatic rings. The van der Waals surface area contributed by atoms with Crippen molar-refractivity contribution in [2.24, 2.45) is 0 Å². The third-order valence-corrected chi connectivity index (χ3v) is 7.99. The number of ether oxygens (including phenoxy) is 1. The number of allylic oxidation sites excluding steroid dienone is 2. The Morgan fingerprint density at radius 1 is 1.00 bits per heavy atom. The fourth-order valence-corrected chi connectivity index (χ4v) is 5.44. The quantitative estimate of drug-likeness (QED) is 0.161. The zero-order chi connectivity index (χ0) is 30.5. The molecule has 0 saturated heterocycles. The first-order valence-corrected chi connectivity index (χ1v) is 14.5. The first-order valence-electron chi connectivity index (χ1n) is 14.5. The minimum absolute atomic E-state index is 0.130. The second-order valence-corrected chi connectivity index (χ2v) is 11.0. The normalized spacial score (nSPS) is 14.0. The summed E-state index contributed by atoms with van der Waals surface area (Å²) in [6.45, 7) is 8.52. The Balaban J connectivity index is 1.48. The molecule has 0 saturated carbocycles. The number of fused-ring (bicyclic) bond motifs is 1. The Hall–Kier alpha value is -4.84. The molecule has 0 bridgehead atoms. The van der Waals surface area contributed by atoms with Gasteiger partial charge in [0.25, 0.3) is 0 Å². The van der Waals surface area contributed by atoms with Crippen LogP contribution in [0.15, 0.2) is 90.8 Å². The number of aromatic nitrogens is 1. The average Bonchev–Trinajstić information content (AvgIpc) is 3.26. The summed E-state index contributed by atoms with van der Waals surface area (Å²) < 4.78 is 20.4. The van der Waals surface area contributed by atoms with E-state index in [-0.39, 0.29) is 24.1 Å². The molecule has 0 spiro atoms. The van der Waals surface area contributed by atoms with Crippen LogP contribution in [0, 0.1) is 12.7 Å². The van der Waals surface area contributed by atoms with Crippen molar-refractivity contribution in [3.8, 4) is 5.75 Å². The van der Waals surface area contributed by atoms with Crippen LogP contribution in [-0.4, -0.2) is 16.9 Å². The van der Waals surface area contributed by atoms with Gasteiger partial charge < -0.3 is 10.1 Å². The van der Waals surface area contributed by atoms with Gasteiger partial charge in [0.15, 0.2) is 0 Å². The summed E-state index contributed by atoms with van der Waals surface area (Å²) in [6.07, 6.45) is 6.49. The maximum Gasteiger partial charge on any atom is 0.343 e. The fraction of sp³-hybridized carbons (Fsp3) is 0.216. The minimum Gasteiger partial charge on any atom is -0.422 e. The largest absolute Gasteiger partial charge is 0.422 e. The molecule has 1 aliphatic carbocycles. The highest BCUT2D eigenvalue weighted by molar-refractivity contribution is 6.08. The van der Waals surface area contributed by atoms with Crippen LogP contribution in [-0.2, 0) is 11.3 Å². The van der Waals surface area contributed by atoms with Crippen LogP contribution < -0.4 is 10.1 Å². The monoisotopic (exact) mass is 574 g/mol. The number of halogens is 1. The van der Waals surface area contributed by atoms with E-state index in [1.165, 1.54) is 12.1 Å². The molecule has 0 radical (unpaired) electrons. The number of carbonyl (C=O) groups is 2. The van der Waals surface area contributed by atoms with E-state index in [9.17, 15) is 14.0 Å². The molecule has 1 unspecified atom stereocenters. The number of esters is 1. The number of nitrogens with one attached hydrogen (secondary N) is 1. The van der Waals surface area contributed by atoms with Crippen molar-refractivity contribution in [2.45, 2.75) is 53.0 Å². The molecular weight excluding hydrogens is 539 g/mol. The van der Waals surface area contributed by atoms with Crippen molar-refractivity contribution in [1.82, 2.24) is 10.3 Å². The zero-order valence-corrected chi connectivity index (χ0v) is 24.9. The maximum absolute atomic E-state index is 14.4. The predicted octanol–water partition coefficient (Wildman–Crippen LogP) is 8.30. The van der Waals surface area contributed by atoms with Crippen molar-refractivity contribution >= 4 is 29.1 Å². The standard InChI is InChI=1S/C37H35FN2O3/c1-5-23(2)31-17-27(16-24(3)36(31)43-37(42)28-11-7-6-8-12-28)18-32-25(4)33(34-19-29(38)13-14-30(32)34)20-35(41)40-22-26-10-9-15-39-21-26/h6-19,21,23H,5,20,22H2,1-4H3,(H,40,41)/b32-18-. The van der Waals surface area contributed by atoms with Crippen molar-refractivity contribution in [2.75, 3.05) is 0 Å². The molecule has 1 aromatic heterocycles. The fourth-order valence-electron chi connectivity index (χ4n) is 5.44. The van der Waals surface area contributed by atoms with E-state index in [4.69, 9.17) is 4.74 Å². The summed E-state index contributed by atoms with van der Waals surface area (Å²) in [5.74, 6) is -0.153. The molecule has 1 atom stereocenters. The van der Waals surface area contributed by atoms with E-state index in [0.29, 0.717) is 17.9 Å². The van der Waals surface area contributed by atoms with Gasteiger partial charge in [0, 0.05) is 18.9 Å². The molecule has 1 amide bonds. The van der Waals surface area contributed by atoms with Crippen LogP contribution in [0.3, 0.4) is 0 Å². The lowest BCUT2D eigenvalue weighted by atomic mass is 9.92. The lowest BCUT2D eigenvalue weighted by Crippen LogP contribution is -2.22. The average molecular weight is 575 g/mol. The van der Waals surface area contributed by atoms with Gasteiger partial charge in [-0.15, -0.1) is 0 Å². The Kier molecular flexibility index (Phi) is 8.96. The summed E-state index contributed by atoms with van der Waals surface area (Å²) in [6, 6.07) is 21.5. The van der Waals surface area contributed by atoms with E-state index < -0.39 is 5.97 Å². The van der Waals surface area contributed by atoms with Crippen LogP contribution in [0.25, 0.3) is 17.2 Å². The maximum atomic E-state index is 14.4. The number of rotatable bonds is 9. The smallest absolute Gasteiger partial charge is 0.343 e. The lowest BCUT2D eigenvalue weighted by Gasteiger charge is -2.18. The topological polar surface area (TPSA) is 68.3 Å². The number of pyridine rings is 1. The number of carbonyl (C=O) groups excluding carboxylic acids is 2. The summed E-state index contributed by atoms with van der Waals surface area (Å²) in [7, 11) is 0. The molecule has 218 valence electrons. The highest BCUT2D eigenvalue weighted by Crippen LogP contribution is 2.44. The van der Waals surface area contributed by atoms with Gasteiger partial charge in [-0.1, -0.05) is 44.2 Å². The number of nitrogens with zero attached hydrogens (tertiary/aromatic N) is 1. The number of aryl methyl sites for hydroxylation is 1. The molecule has 0 fully saturated rings. The Bertz CT molecular complexity index is 1730. The number of hydrogen-bond acceptors (Lipinski definition) is 4. The van der Waals surface area contributed by atoms with Gasteiger partial charge >= 0.3 is 5.97 Å². The van der Waals surface area contributed by atoms with Crippen LogP contribution in [0.4, 0.5) is 4.39 Å². The second-order valence-electron chi connectivity index (χ2n) is 11.0. The predicted molar refractivity (Wildman–Crippen MR) is 169 cm³/mol. The van der Waals surface area contributed by atoms with Gasteiger partial charge in [0.05, 0.1) is 12.0 Å². The van der Waals surface area contributed by atoms with Crippen molar-refractivity contribution in [3.05, 3.63) is 136 Å². The minimum atomic E-state index is -0.392. The van der Waals surface area contributed by atoms with Gasteiger partial charge in [0.1, 0.15) is 11.6 Å². The second kappa shape index (κ2) is 13.0. The van der Waals surface area contributed by atoms with Gasteiger partial charge in [-0.05, 0) is 125 Å². The molecular formula is C37H35FN2O3. The van der Waals surface area contributed by atoms with Gasteiger partial charge in [-0.2, -0.15) is 0 Å². The van der Waals surface area contributed by atoms with Crippen LogP contribution in [0.1, 0.15) is 83.3 Å². The van der Waals surface area contributed by atoms with E-state index in [1.807, 2.05) is 50.2 Å². The summed E-state index contributed by atoms with van der Waals surface area (Å²) in [5.41, 5.74) is 8.43. The highest BCUT2D eigenvalue weighted by atomic mass is 19.1. The zero-order valence-electron chi connectivity index (χ0n) is 24.9. The van der Waals surface area contributed by atoms with Crippen molar-refractivity contribution in [1.29, 1.82) is 0 Å². The van der Waals surface area contributed by atoms with Crippen molar-refractivity contribution in [3.63, 3.8) is 0 Å². The lowest BCUT2D eigenvalue weighted by molar-refractivity contribution is -0.120.